The molecule has 2 heterocycles. The Labute approximate surface area is 211 Å². The maximum Gasteiger partial charge on any atom is 0.416 e. The van der Waals surface area contributed by atoms with Crippen LogP contribution in [0.5, 0.6) is 5.75 Å². The van der Waals surface area contributed by atoms with Crippen molar-refractivity contribution < 1.29 is 32.2 Å². The van der Waals surface area contributed by atoms with E-state index < -0.39 is 11.7 Å². The standard InChI is InChI=1S/C27H26F3N3O4/c1-19-14-24(8-5-21(19)16-35-13-12-33-11-10-31-25(33)15-34)36-17-23-18-37-26(32-23)9-4-20-2-6-22(7-3-20)27(28,29)30/h2-11,14,18,34H,12-13,15-17H2,1H3/b9-4+. The molecule has 0 bridgehead atoms. The number of nitrogens with zero attached hydrogens (tertiary/aromatic N) is 3. The predicted octanol–water partition coefficient (Wildman–Crippen LogP) is 5.66. The Morgan fingerprint density at radius 3 is 2.62 bits per heavy atom. The van der Waals surface area contributed by atoms with Gasteiger partial charge in [0.2, 0.25) is 5.89 Å². The Hall–Kier alpha value is -3.89. The lowest BCUT2D eigenvalue weighted by Gasteiger charge is -2.11. The molecule has 2 aromatic carbocycles. The van der Waals surface area contributed by atoms with E-state index in [1.54, 1.807) is 24.5 Å². The summed E-state index contributed by atoms with van der Waals surface area (Å²) in [6.07, 6.45) is 3.78. The molecule has 0 aliphatic rings. The van der Waals surface area contributed by atoms with Gasteiger partial charge in [0.1, 0.15) is 36.7 Å². The molecule has 0 amide bonds. The number of aryl methyl sites for hydroxylation is 1. The molecular formula is C27H26F3N3O4. The first-order valence-corrected chi connectivity index (χ1v) is 11.5. The van der Waals surface area contributed by atoms with Gasteiger partial charge in [-0.1, -0.05) is 18.2 Å². The lowest BCUT2D eigenvalue weighted by molar-refractivity contribution is -0.137. The van der Waals surface area contributed by atoms with Gasteiger partial charge in [-0.25, -0.2) is 9.97 Å². The van der Waals surface area contributed by atoms with E-state index >= 15 is 0 Å². The molecule has 4 aromatic rings. The molecule has 0 radical (unpaired) electrons. The van der Waals surface area contributed by atoms with Crippen LogP contribution < -0.4 is 4.74 Å². The number of aliphatic hydroxyl groups is 1. The third kappa shape index (κ3) is 7.31. The summed E-state index contributed by atoms with van der Waals surface area (Å²) in [7, 11) is 0. The molecule has 7 nitrogen and oxygen atoms in total. The van der Waals surface area contributed by atoms with Crippen molar-refractivity contribution in [3.8, 4) is 5.75 Å². The summed E-state index contributed by atoms with van der Waals surface area (Å²) in [6.45, 7) is 3.62. The highest BCUT2D eigenvalue weighted by Crippen LogP contribution is 2.29. The van der Waals surface area contributed by atoms with Crippen LogP contribution in [0.3, 0.4) is 0 Å². The summed E-state index contributed by atoms with van der Waals surface area (Å²) in [5.74, 6) is 1.61. The number of aromatic nitrogens is 3. The molecule has 0 unspecified atom stereocenters. The Morgan fingerprint density at radius 1 is 1.08 bits per heavy atom. The van der Waals surface area contributed by atoms with Crippen LogP contribution in [0.15, 0.2) is 65.5 Å². The van der Waals surface area contributed by atoms with Gasteiger partial charge in [0.15, 0.2) is 0 Å². The van der Waals surface area contributed by atoms with E-state index in [9.17, 15) is 18.3 Å². The van der Waals surface area contributed by atoms with Crippen LogP contribution in [0, 0.1) is 6.92 Å². The van der Waals surface area contributed by atoms with Gasteiger partial charge in [0.25, 0.3) is 0 Å². The summed E-state index contributed by atoms with van der Waals surface area (Å²) in [5.41, 5.74) is 2.55. The number of hydrogen-bond donors (Lipinski definition) is 1. The van der Waals surface area contributed by atoms with E-state index in [4.69, 9.17) is 13.9 Å². The van der Waals surface area contributed by atoms with Crippen molar-refractivity contribution in [2.75, 3.05) is 6.61 Å². The van der Waals surface area contributed by atoms with Crippen LogP contribution in [0.25, 0.3) is 12.2 Å². The van der Waals surface area contributed by atoms with Crippen molar-refractivity contribution >= 4 is 12.2 Å². The fraction of sp³-hybridized carbons (Fsp3) is 0.259. The van der Waals surface area contributed by atoms with Crippen LogP contribution in [-0.4, -0.2) is 26.2 Å². The van der Waals surface area contributed by atoms with Gasteiger partial charge < -0.3 is 23.6 Å². The highest BCUT2D eigenvalue weighted by atomic mass is 19.4. The highest BCUT2D eigenvalue weighted by Gasteiger charge is 2.29. The number of rotatable bonds is 11. The average molecular weight is 514 g/mol. The van der Waals surface area contributed by atoms with E-state index in [2.05, 4.69) is 9.97 Å². The predicted molar refractivity (Wildman–Crippen MR) is 130 cm³/mol. The van der Waals surface area contributed by atoms with Gasteiger partial charge in [-0.15, -0.1) is 0 Å². The summed E-state index contributed by atoms with van der Waals surface area (Å²) < 4.78 is 56.8. The molecule has 0 atom stereocenters. The second-order valence-corrected chi connectivity index (χ2v) is 8.25. The first-order valence-electron chi connectivity index (χ1n) is 11.5. The lowest BCUT2D eigenvalue weighted by Crippen LogP contribution is -2.09. The number of aliphatic hydroxyl groups excluding tert-OH is 1. The quantitative estimate of drug-likeness (QED) is 0.261. The van der Waals surface area contributed by atoms with Crippen LogP contribution in [0.1, 0.15) is 39.7 Å². The third-order valence-electron chi connectivity index (χ3n) is 5.60. The van der Waals surface area contributed by atoms with Crippen LogP contribution in [0.4, 0.5) is 13.2 Å². The molecule has 194 valence electrons. The van der Waals surface area contributed by atoms with Crippen molar-refractivity contribution in [2.24, 2.45) is 0 Å². The number of oxazole rings is 1. The molecule has 0 spiro atoms. The van der Waals surface area contributed by atoms with E-state index in [0.717, 1.165) is 23.3 Å². The monoisotopic (exact) mass is 513 g/mol. The fourth-order valence-electron chi connectivity index (χ4n) is 3.53. The molecule has 1 N–H and O–H groups in total. The highest BCUT2D eigenvalue weighted by molar-refractivity contribution is 5.66. The van der Waals surface area contributed by atoms with Gasteiger partial charge in [0, 0.05) is 25.0 Å². The third-order valence-corrected chi connectivity index (χ3v) is 5.60. The van der Waals surface area contributed by atoms with Gasteiger partial charge in [-0.05, 0) is 54.0 Å². The summed E-state index contributed by atoms with van der Waals surface area (Å²) in [6, 6.07) is 10.6. The molecule has 4 rings (SSSR count). The smallest absolute Gasteiger partial charge is 0.416 e. The Morgan fingerprint density at radius 2 is 1.89 bits per heavy atom. The van der Waals surface area contributed by atoms with E-state index in [1.165, 1.54) is 18.4 Å². The first kappa shape index (κ1) is 26.2. The minimum Gasteiger partial charge on any atom is -0.487 e. The van der Waals surface area contributed by atoms with Crippen LogP contribution in [0.2, 0.25) is 0 Å². The maximum atomic E-state index is 12.7. The molecule has 10 heteroatoms. The number of halogens is 3. The number of imidazole rings is 1. The van der Waals surface area contributed by atoms with Crippen molar-refractivity contribution in [1.29, 1.82) is 0 Å². The minimum atomic E-state index is -4.36. The Kier molecular flexibility index (Phi) is 8.42. The van der Waals surface area contributed by atoms with Crippen LogP contribution in [-0.2, 0) is 37.3 Å². The largest absolute Gasteiger partial charge is 0.487 e. The number of hydrogen-bond acceptors (Lipinski definition) is 6. The SMILES string of the molecule is Cc1cc(OCc2coc(/C=C/c3ccc(C(F)(F)F)cc3)n2)ccc1COCCn1ccnc1CO. The van der Waals surface area contributed by atoms with Crippen molar-refractivity contribution in [3.63, 3.8) is 0 Å². The number of alkyl halides is 3. The molecule has 2 aromatic heterocycles. The van der Waals surface area contributed by atoms with E-state index in [-0.39, 0.29) is 13.2 Å². The molecule has 0 saturated heterocycles. The van der Waals surface area contributed by atoms with Crippen molar-refractivity contribution in [3.05, 3.63) is 101 Å². The molecule has 37 heavy (non-hydrogen) atoms. The average Bonchev–Trinajstić information content (AvgIpc) is 3.54. The molecule has 0 saturated carbocycles. The molecule has 0 aliphatic heterocycles. The molecular weight excluding hydrogens is 487 g/mol. The zero-order chi connectivity index (χ0) is 26.3. The van der Waals surface area contributed by atoms with Crippen LogP contribution >= 0.6 is 0 Å². The van der Waals surface area contributed by atoms with Gasteiger partial charge in [-0.3, -0.25) is 0 Å². The summed E-state index contributed by atoms with van der Waals surface area (Å²) in [4.78, 5) is 8.39. The molecule has 0 aliphatic carbocycles. The normalized spacial score (nSPS) is 11.9. The Bertz CT molecular complexity index is 1330. The summed E-state index contributed by atoms with van der Waals surface area (Å²) >= 11 is 0. The van der Waals surface area contributed by atoms with Gasteiger partial charge >= 0.3 is 6.18 Å². The maximum absolute atomic E-state index is 12.7. The number of ether oxygens (including phenoxy) is 2. The van der Waals surface area contributed by atoms with Crippen molar-refractivity contribution in [1.82, 2.24) is 14.5 Å². The number of benzene rings is 2. The van der Waals surface area contributed by atoms with Crippen molar-refractivity contribution in [2.45, 2.75) is 39.5 Å². The van der Waals surface area contributed by atoms with E-state index in [0.29, 0.717) is 48.5 Å². The fourth-order valence-corrected chi connectivity index (χ4v) is 3.53. The minimum absolute atomic E-state index is 0.108. The second-order valence-electron chi connectivity index (χ2n) is 8.25. The summed E-state index contributed by atoms with van der Waals surface area (Å²) in [5, 5.41) is 9.24. The first-order chi connectivity index (χ1) is 17.8. The zero-order valence-electron chi connectivity index (χ0n) is 20.1. The topological polar surface area (TPSA) is 82.5 Å². The second kappa shape index (κ2) is 11.9. The van der Waals surface area contributed by atoms with E-state index in [1.807, 2.05) is 29.7 Å². The zero-order valence-corrected chi connectivity index (χ0v) is 20.1. The lowest BCUT2D eigenvalue weighted by atomic mass is 10.1. The van der Waals surface area contributed by atoms with Gasteiger partial charge in [-0.2, -0.15) is 13.2 Å². The molecule has 0 fully saturated rings. The van der Waals surface area contributed by atoms with Gasteiger partial charge in [0.05, 0.1) is 18.8 Å². The Balaban J connectivity index is 1.24.